The van der Waals surface area contributed by atoms with E-state index in [0.29, 0.717) is 12.5 Å². The van der Waals surface area contributed by atoms with Crippen LogP contribution < -0.4 is 0 Å². The van der Waals surface area contributed by atoms with Crippen molar-refractivity contribution >= 4 is 5.97 Å². The lowest BCUT2D eigenvalue weighted by Gasteiger charge is -2.01. The second kappa shape index (κ2) is 1.84. The quantitative estimate of drug-likeness (QED) is 0.370. The first-order valence-electron chi connectivity index (χ1n) is 3.63. The minimum atomic E-state index is -0.0105. The lowest BCUT2D eigenvalue weighted by atomic mass is 9.98. The molecule has 2 heteroatoms. The van der Waals surface area contributed by atoms with Crippen molar-refractivity contribution < 1.29 is 9.53 Å². The third kappa shape index (κ3) is 0.618. The van der Waals surface area contributed by atoms with Gasteiger partial charge in [-0.2, -0.15) is 0 Å². The fraction of sp³-hybridized carbons (Fsp3) is 0.625. The van der Waals surface area contributed by atoms with Crippen molar-refractivity contribution in [3.05, 3.63) is 12.2 Å². The number of carbonyl (C=O) groups excluding carboxylic acids is 1. The molecule has 1 aliphatic carbocycles. The van der Waals surface area contributed by atoms with Crippen molar-refractivity contribution in [2.75, 3.05) is 6.61 Å². The van der Waals surface area contributed by atoms with Gasteiger partial charge in [-0.1, -0.05) is 12.2 Å². The Bertz CT molecular complexity index is 173. The van der Waals surface area contributed by atoms with Crippen LogP contribution in [-0.2, 0) is 9.53 Å². The molecule has 0 spiro atoms. The highest BCUT2D eigenvalue weighted by Gasteiger charge is 2.42. The first-order valence-corrected chi connectivity index (χ1v) is 3.63. The summed E-state index contributed by atoms with van der Waals surface area (Å²) in [5, 5.41) is 0. The van der Waals surface area contributed by atoms with E-state index in [9.17, 15) is 4.79 Å². The first-order chi connectivity index (χ1) is 4.79. The molecule has 1 saturated carbocycles. The van der Waals surface area contributed by atoms with Crippen LogP contribution >= 0.6 is 0 Å². The maximum absolute atomic E-state index is 10.9. The van der Waals surface area contributed by atoms with E-state index >= 15 is 0 Å². The van der Waals surface area contributed by atoms with E-state index in [-0.39, 0.29) is 11.9 Å². The number of esters is 1. The summed E-state index contributed by atoms with van der Waals surface area (Å²) < 4.78 is 4.89. The SMILES string of the molecule is C=C1CCC2C(=O)OCC12. The van der Waals surface area contributed by atoms with Gasteiger partial charge in [-0.05, 0) is 12.8 Å². The van der Waals surface area contributed by atoms with Crippen molar-refractivity contribution in [3.63, 3.8) is 0 Å². The second-order valence-corrected chi connectivity index (χ2v) is 3.04. The van der Waals surface area contributed by atoms with Crippen LogP contribution in [0.25, 0.3) is 0 Å². The zero-order chi connectivity index (χ0) is 7.14. The molecule has 0 bridgehead atoms. The van der Waals surface area contributed by atoms with Crippen LogP contribution in [0.3, 0.4) is 0 Å². The van der Waals surface area contributed by atoms with Crippen molar-refractivity contribution in [3.8, 4) is 0 Å². The van der Waals surface area contributed by atoms with Crippen LogP contribution in [0.5, 0.6) is 0 Å². The average Bonchev–Trinajstić information content (AvgIpc) is 2.41. The summed E-state index contributed by atoms with van der Waals surface area (Å²) in [5.41, 5.74) is 1.20. The summed E-state index contributed by atoms with van der Waals surface area (Å²) in [4.78, 5) is 10.9. The van der Waals surface area contributed by atoms with Gasteiger partial charge >= 0.3 is 5.97 Å². The maximum atomic E-state index is 10.9. The van der Waals surface area contributed by atoms with Gasteiger partial charge in [0, 0.05) is 5.92 Å². The number of cyclic esters (lactones) is 1. The smallest absolute Gasteiger partial charge is 0.309 e. The molecule has 1 saturated heterocycles. The lowest BCUT2D eigenvalue weighted by Crippen LogP contribution is -2.08. The van der Waals surface area contributed by atoms with Gasteiger partial charge < -0.3 is 4.74 Å². The van der Waals surface area contributed by atoms with E-state index in [2.05, 4.69) is 6.58 Å². The van der Waals surface area contributed by atoms with E-state index < -0.39 is 0 Å². The molecular formula is C8H10O2. The van der Waals surface area contributed by atoms with Crippen LogP contribution in [0.15, 0.2) is 12.2 Å². The van der Waals surface area contributed by atoms with Gasteiger partial charge in [-0.15, -0.1) is 0 Å². The fourth-order valence-electron chi connectivity index (χ4n) is 1.81. The summed E-state index contributed by atoms with van der Waals surface area (Å²) in [7, 11) is 0. The number of rotatable bonds is 0. The van der Waals surface area contributed by atoms with E-state index in [0.717, 1.165) is 12.8 Å². The second-order valence-electron chi connectivity index (χ2n) is 3.04. The largest absolute Gasteiger partial charge is 0.465 e. The standard InChI is InChI=1S/C8H10O2/c1-5-2-3-6-7(5)4-10-8(6)9/h6-7H,1-4H2. The van der Waals surface area contributed by atoms with Gasteiger partial charge in [0.1, 0.15) is 0 Å². The average molecular weight is 138 g/mol. The molecule has 10 heavy (non-hydrogen) atoms. The summed E-state index contributed by atoms with van der Waals surface area (Å²) in [6.45, 7) is 4.48. The Morgan fingerprint density at radius 3 is 3.00 bits per heavy atom. The number of ether oxygens (including phenoxy) is 1. The Labute approximate surface area is 59.9 Å². The number of hydrogen-bond donors (Lipinski definition) is 0. The Morgan fingerprint density at radius 2 is 2.30 bits per heavy atom. The zero-order valence-electron chi connectivity index (χ0n) is 5.80. The van der Waals surface area contributed by atoms with Gasteiger partial charge in [0.15, 0.2) is 0 Å². The molecule has 54 valence electrons. The van der Waals surface area contributed by atoms with Gasteiger partial charge in [0.2, 0.25) is 0 Å². The minimum Gasteiger partial charge on any atom is -0.465 e. The Kier molecular flexibility index (Phi) is 1.10. The number of hydrogen-bond acceptors (Lipinski definition) is 2. The van der Waals surface area contributed by atoms with Gasteiger partial charge in [0.25, 0.3) is 0 Å². The van der Waals surface area contributed by atoms with Gasteiger partial charge in [0.05, 0.1) is 12.5 Å². The Hall–Kier alpha value is -0.790. The monoisotopic (exact) mass is 138 g/mol. The van der Waals surface area contributed by atoms with Crippen molar-refractivity contribution in [1.82, 2.24) is 0 Å². The lowest BCUT2D eigenvalue weighted by molar-refractivity contribution is -0.141. The predicted molar refractivity (Wildman–Crippen MR) is 36.3 cm³/mol. The van der Waals surface area contributed by atoms with E-state index in [1.54, 1.807) is 0 Å². The highest BCUT2D eigenvalue weighted by atomic mass is 16.5. The van der Waals surface area contributed by atoms with E-state index in [4.69, 9.17) is 4.74 Å². The molecule has 1 aliphatic heterocycles. The molecule has 0 aromatic rings. The zero-order valence-corrected chi connectivity index (χ0v) is 5.80. The number of fused-ring (bicyclic) bond motifs is 1. The Morgan fingerprint density at radius 1 is 1.50 bits per heavy atom. The third-order valence-electron chi connectivity index (χ3n) is 2.49. The third-order valence-corrected chi connectivity index (χ3v) is 2.49. The van der Waals surface area contributed by atoms with E-state index in [1.165, 1.54) is 5.57 Å². The van der Waals surface area contributed by atoms with Crippen LogP contribution in [0, 0.1) is 11.8 Å². The molecule has 2 rings (SSSR count). The number of carbonyl (C=O) groups is 1. The van der Waals surface area contributed by atoms with Crippen LogP contribution in [0.2, 0.25) is 0 Å². The van der Waals surface area contributed by atoms with Crippen LogP contribution in [-0.4, -0.2) is 12.6 Å². The van der Waals surface area contributed by atoms with Gasteiger partial charge in [-0.25, -0.2) is 0 Å². The highest BCUT2D eigenvalue weighted by molar-refractivity contribution is 5.76. The molecule has 2 atom stereocenters. The molecular weight excluding hydrogens is 128 g/mol. The maximum Gasteiger partial charge on any atom is 0.309 e. The molecule has 1 heterocycles. The molecule has 2 aliphatic rings. The van der Waals surface area contributed by atoms with E-state index in [1.807, 2.05) is 0 Å². The normalized spacial score (nSPS) is 38.0. The highest BCUT2D eigenvalue weighted by Crippen LogP contribution is 2.40. The summed E-state index contributed by atoms with van der Waals surface area (Å²) in [6, 6.07) is 0. The summed E-state index contributed by atoms with van der Waals surface area (Å²) in [5.74, 6) is 0.503. The molecule has 0 N–H and O–H groups in total. The first kappa shape index (κ1) is 5.96. The molecule has 0 aromatic carbocycles. The summed E-state index contributed by atoms with van der Waals surface area (Å²) in [6.07, 6.45) is 1.98. The molecule has 2 fully saturated rings. The molecule has 2 unspecified atom stereocenters. The van der Waals surface area contributed by atoms with Crippen molar-refractivity contribution in [2.45, 2.75) is 12.8 Å². The molecule has 0 aromatic heterocycles. The van der Waals surface area contributed by atoms with Crippen molar-refractivity contribution in [1.29, 1.82) is 0 Å². The molecule has 0 amide bonds. The summed E-state index contributed by atoms with van der Waals surface area (Å²) >= 11 is 0. The van der Waals surface area contributed by atoms with Gasteiger partial charge in [-0.3, -0.25) is 4.79 Å². The van der Waals surface area contributed by atoms with Crippen LogP contribution in [0.4, 0.5) is 0 Å². The topological polar surface area (TPSA) is 26.3 Å². The predicted octanol–water partition coefficient (Wildman–Crippen LogP) is 1.13. The Balaban J connectivity index is 2.24. The fourth-order valence-corrected chi connectivity index (χ4v) is 1.81. The molecule has 2 nitrogen and oxygen atoms in total. The van der Waals surface area contributed by atoms with Crippen molar-refractivity contribution in [2.24, 2.45) is 11.8 Å². The van der Waals surface area contributed by atoms with Crippen LogP contribution in [0.1, 0.15) is 12.8 Å². The molecule has 0 radical (unpaired) electrons. The minimum absolute atomic E-state index is 0.0105.